The molecule has 0 bridgehead atoms. The van der Waals surface area contributed by atoms with Gasteiger partial charge in [0, 0.05) is 12.5 Å². The van der Waals surface area contributed by atoms with Gasteiger partial charge in [0.1, 0.15) is 30.1 Å². The van der Waals surface area contributed by atoms with E-state index in [2.05, 4.69) is 5.32 Å². The topological polar surface area (TPSA) is 86.3 Å². The zero-order chi connectivity index (χ0) is 19.5. The molecule has 2 aromatic carbocycles. The van der Waals surface area contributed by atoms with E-state index in [4.69, 9.17) is 18.9 Å². The van der Waals surface area contributed by atoms with Crippen LogP contribution in [-0.2, 0) is 19.0 Å². The van der Waals surface area contributed by atoms with Gasteiger partial charge in [0.2, 0.25) is 12.2 Å². The Bertz CT molecular complexity index is 786. The summed E-state index contributed by atoms with van der Waals surface area (Å²) in [5.41, 5.74) is 0.854. The lowest BCUT2D eigenvalue weighted by Crippen LogP contribution is -2.67. The van der Waals surface area contributed by atoms with Gasteiger partial charge in [0.15, 0.2) is 6.29 Å². The van der Waals surface area contributed by atoms with Gasteiger partial charge in [-0.05, 0) is 12.1 Å². The predicted molar refractivity (Wildman–Crippen MR) is 99.4 cm³/mol. The van der Waals surface area contributed by atoms with E-state index in [9.17, 15) is 9.90 Å². The molecule has 6 atom stereocenters. The fraction of sp³-hybridized carbons (Fsp3) is 0.381. The zero-order valence-corrected chi connectivity index (χ0v) is 15.4. The molecule has 2 N–H and O–H groups in total. The van der Waals surface area contributed by atoms with Crippen LogP contribution in [0.15, 0.2) is 60.7 Å². The Balaban J connectivity index is 1.53. The quantitative estimate of drug-likeness (QED) is 0.834. The van der Waals surface area contributed by atoms with E-state index in [0.29, 0.717) is 5.75 Å². The summed E-state index contributed by atoms with van der Waals surface area (Å²) in [5, 5.41) is 13.7. The summed E-state index contributed by atoms with van der Waals surface area (Å²) in [6.07, 6.45) is -3.68. The third-order valence-electron chi connectivity index (χ3n) is 4.80. The molecule has 2 saturated heterocycles. The Morgan fingerprint density at radius 2 is 1.75 bits per heavy atom. The SMILES string of the molecule is CC(=O)N[C@@H]1[C@H](Oc2ccccc2)O[C@@H]2CO[C@@H](c3ccccc3)O[C@@H]2[C@@H]1O. The van der Waals surface area contributed by atoms with Crippen molar-refractivity contribution in [1.82, 2.24) is 5.32 Å². The van der Waals surface area contributed by atoms with Crippen LogP contribution in [0.4, 0.5) is 0 Å². The van der Waals surface area contributed by atoms with Gasteiger partial charge in [-0.1, -0.05) is 48.5 Å². The number of rotatable bonds is 4. The van der Waals surface area contributed by atoms with Crippen LogP contribution >= 0.6 is 0 Å². The molecule has 2 heterocycles. The van der Waals surface area contributed by atoms with Crippen LogP contribution < -0.4 is 10.1 Å². The van der Waals surface area contributed by atoms with Crippen molar-refractivity contribution in [3.63, 3.8) is 0 Å². The molecule has 7 heteroatoms. The fourth-order valence-corrected chi connectivity index (χ4v) is 3.49. The summed E-state index contributed by atoms with van der Waals surface area (Å²) >= 11 is 0. The first-order valence-electron chi connectivity index (χ1n) is 9.26. The highest BCUT2D eigenvalue weighted by Crippen LogP contribution is 2.34. The van der Waals surface area contributed by atoms with Crippen LogP contribution in [0.1, 0.15) is 18.8 Å². The lowest BCUT2D eigenvalue weighted by molar-refractivity contribution is -0.333. The smallest absolute Gasteiger partial charge is 0.223 e. The van der Waals surface area contributed by atoms with Crippen molar-refractivity contribution in [2.45, 2.75) is 43.9 Å². The third-order valence-corrected chi connectivity index (χ3v) is 4.80. The summed E-state index contributed by atoms with van der Waals surface area (Å²) < 4.78 is 23.7. The van der Waals surface area contributed by atoms with Crippen molar-refractivity contribution in [3.8, 4) is 5.75 Å². The molecule has 4 rings (SSSR count). The molecule has 0 aliphatic carbocycles. The molecule has 2 aliphatic heterocycles. The predicted octanol–water partition coefficient (Wildman–Crippen LogP) is 1.77. The molecule has 148 valence electrons. The number of carbonyl (C=O) groups is 1. The first-order chi connectivity index (χ1) is 13.6. The van der Waals surface area contributed by atoms with Gasteiger partial charge in [-0.25, -0.2) is 0 Å². The summed E-state index contributed by atoms with van der Waals surface area (Å²) in [4.78, 5) is 11.7. The molecule has 0 radical (unpaired) electrons. The number of carbonyl (C=O) groups excluding carboxylic acids is 1. The van der Waals surface area contributed by atoms with E-state index in [1.807, 2.05) is 48.5 Å². The van der Waals surface area contributed by atoms with E-state index in [-0.39, 0.29) is 12.5 Å². The highest BCUT2D eigenvalue weighted by molar-refractivity contribution is 5.73. The Kier molecular flexibility index (Phi) is 5.59. The number of hydrogen-bond acceptors (Lipinski definition) is 6. The maximum absolute atomic E-state index is 11.7. The van der Waals surface area contributed by atoms with Crippen molar-refractivity contribution < 1.29 is 28.8 Å². The summed E-state index contributed by atoms with van der Waals surface area (Å²) in [6.45, 7) is 1.62. The lowest BCUT2D eigenvalue weighted by atomic mass is 9.95. The van der Waals surface area contributed by atoms with Crippen molar-refractivity contribution in [3.05, 3.63) is 66.2 Å². The number of benzene rings is 2. The Hall–Kier alpha value is -2.45. The van der Waals surface area contributed by atoms with Gasteiger partial charge in [-0.2, -0.15) is 0 Å². The van der Waals surface area contributed by atoms with Crippen LogP contribution in [0.2, 0.25) is 0 Å². The van der Waals surface area contributed by atoms with Gasteiger partial charge in [0.05, 0.1) is 6.61 Å². The van der Waals surface area contributed by atoms with Crippen LogP contribution in [0.3, 0.4) is 0 Å². The van der Waals surface area contributed by atoms with Gasteiger partial charge in [0.25, 0.3) is 0 Å². The number of aliphatic hydroxyl groups excluding tert-OH is 1. The molecule has 2 aromatic rings. The summed E-state index contributed by atoms with van der Waals surface area (Å²) in [5.74, 6) is 0.285. The summed E-state index contributed by atoms with van der Waals surface area (Å²) in [7, 11) is 0. The van der Waals surface area contributed by atoms with Gasteiger partial charge >= 0.3 is 0 Å². The second-order valence-corrected chi connectivity index (χ2v) is 6.87. The standard InChI is InChI=1S/C21H23NO6/c1-13(23)22-17-18(24)19-16(27-21(17)26-15-10-6-3-7-11-15)12-25-20(28-19)14-8-4-2-5-9-14/h2-11,16-21,24H,12H2,1H3,(H,22,23)/t16-,17+,18-,19+,20-,21-/m1/s1. The summed E-state index contributed by atoms with van der Waals surface area (Å²) in [6, 6.07) is 17.8. The monoisotopic (exact) mass is 385 g/mol. The third kappa shape index (κ3) is 4.02. The highest BCUT2D eigenvalue weighted by atomic mass is 16.7. The first-order valence-corrected chi connectivity index (χ1v) is 9.26. The number of amides is 1. The van der Waals surface area contributed by atoms with E-state index in [1.165, 1.54) is 6.92 Å². The van der Waals surface area contributed by atoms with E-state index < -0.39 is 36.9 Å². The molecule has 0 unspecified atom stereocenters. The minimum Gasteiger partial charge on any atom is -0.463 e. The molecule has 0 spiro atoms. The molecule has 7 nitrogen and oxygen atoms in total. The Morgan fingerprint density at radius 1 is 1.07 bits per heavy atom. The maximum Gasteiger partial charge on any atom is 0.223 e. The number of para-hydroxylation sites is 1. The average molecular weight is 385 g/mol. The Labute approximate surface area is 163 Å². The van der Waals surface area contributed by atoms with Crippen LogP contribution in [0, 0.1) is 0 Å². The first kappa shape index (κ1) is 18.9. The molecular weight excluding hydrogens is 362 g/mol. The number of ether oxygens (including phenoxy) is 4. The van der Waals surface area contributed by atoms with Crippen molar-refractivity contribution >= 4 is 5.91 Å². The van der Waals surface area contributed by atoms with Crippen LogP contribution in [0.5, 0.6) is 5.75 Å². The van der Waals surface area contributed by atoms with E-state index in [0.717, 1.165) is 5.56 Å². The largest absolute Gasteiger partial charge is 0.463 e. The fourth-order valence-electron chi connectivity index (χ4n) is 3.49. The molecule has 2 aliphatic rings. The van der Waals surface area contributed by atoms with Gasteiger partial charge in [-0.3, -0.25) is 4.79 Å². The molecule has 2 fully saturated rings. The number of fused-ring (bicyclic) bond motifs is 1. The van der Waals surface area contributed by atoms with Gasteiger partial charge in [-0.15, -0.1) is 0 Å². The van der Waals surface area contributed by atoms with E-state index >= 15 is 0 Å². The molecule has 0 saturated carbocycles. The zero-order valence-electron chi connectivity index (χ0n) is 15.4. The van der Waals surface area contributed by atoms with E-state index in [1.54, 1.807) is 12.1 Å². The van der Waals surface area contributed by atoms with Crippen LogP contribution in [-0.4, -0.2) is 48.3 Å². The number of hydrogen-bond donors (Lipinski definition) is 2. The number of nitrogens with one attached hydrogen (secondary N) is 1. The molecule has 0 aromatic heterocycles. The van der Waals surface area contributed by atoms with Gasteiger partial charge < -0.3 is 29.4 Å². The lowest BCUT2D eigenvalue weighted by Gasteiger charge is -2.47. The maximum atomic E-state index is 11.7. The second kappa shape index (κ2) is 8.28. The van der Waals surface area contributed by atoms with Crippen molar-refractivity contribution in [2.75, 3.05) is 6.61 Å². The molecule has 28 heavy (non-hydrogen) atoms. The van der Waals surface area contributed by atoms with Crippen LogP contribution in [0.25, 0.3) is 0 Å². The minimum atomic E-state index is -1.02. The average Bonchev–Trinajstić information content (AvgIpc) is 2.72. The normalized spacial score (nSPS) is 32.2. The Morgan fingerprint density at radius 3 is 2.43 bits per heavy atom. The number of aliphatic hydroxyl groups is 1. The molecule has 1 amide bonds. The van der Waals surface area contributed by atoms with Crippen molar-refractivity contribution in [1.29, 1.82) is 0 Å². The molecular formula is C21H23NO6. The highest BCUT2D eigenvalue weighted by Gasteiger charge is 2.50. The minimum absolute atomic E-state index is 0.239. The second-order valence-electron chi connectivity index (χ2n) is 6.87. The van der Waals surface area contributed by atoms with Crippen molar-refractivity contribution in [2.24, 2.45) is 0 Å².